The molecule has 3 aromatic rings. The van der Waals surface area contributed by atoms with Crippen molar-refractivity contribution < 1.29 is 9.32 Å². The number of benzene rings is 2. The highest BCUT2D eigenvalue weighted by atomic mass is 16.5. The van der Waals surface area contributed by atoms with Crippen molar-refractivity contribution in [3.05, 3.63) is 60.2 Å². The van der Waals surface area contributed by atoms with Gasteiger partial charge < -0.3 is 14.7 Å². The number of hydrogen-bond donors (Lipinski definition) is 1. The van der Waals surface area contributed by atoms with Gasteiger partial charge in [0.1, 0.15) is 0 Å². The van der Waals surface area contributed by atoms with E-state index in [2.05, 4.69) is 20.4 Å². The quantitative estimate of drug-likeness (QED) is 0.729. The Morgan fingerprint density at radius 1 is 1.00 bits per heavy atom. The lowest BCUT2D eigenvalue weighted by Crippen LogP contribution is -2.33. The van der Waals surface area contributed by atoms with Crippen LogP contribution in [0.2, 0.25) is 0 Å². The maximum atomic E-state index is 12.3. The van der Waals surface area contributed by atoms with E-state index in [1.165, 1.54) is 12.8 Å². The van der Waals surface area contributed by atoms with Gasteiger partial charge in [-0.25, -0.2) is 0 Å². The van der Waals surface area contributed by atoms with Crippen LogP contribution >= 0.6 is 0 Å². The van der Waals surface area contributed by atoms with E-state index in [4.69, 9.17) is 4.52 Å². The van der Waals surface area contributed by atoms with Crippen LogP contribution in [0, 0.1) is 0 Å². The highest BCUT2D eigenvalue weighted by molar-refractivity contribution is 5.94. The molecule has 1 fully saturated rings. The van der Waals surface area contributed by atoms with Crippen LogP contribution in [0.1, 0.15) is 23.2 Å². The molecule has 0 bridgehead atoms. The molecule has 0 unspecified atom stereocenters. The van der Waals surface area contributed by atoms with Crippen molar-refractivity contribution >= 4 is 5.91 Å². The molecule has 2 heterocycles. The Balaban J connectivity index is 1.37. The maximum absolute atomic E-state index is 12.3. The zero-order valence-electron chi connectivity index (χ0n) is 15.1. The summed E-state index contributed by atoms with van der Waals surface area (Å²) in [7, 11) is 0. The molecule has 0 atom stereocenters. The number of likely N-dealkylation sites (tertiary alicyclic amines) is 1. The first kappa shape index (κ1) is 17.4. The van der Waals surface area contributed by atoms with Gasteiger partial charge in [-0.2, -0.15) is 4.98 Å². The Kier molecular flexibility index (Phi) is 5.25. The zero-order chi connectivity index (χ0) is 18.5. The highest BCUT2D eigenvalue weighted by Crippen LogP contribution is 2.22. The second-order valence-electron chi connectivity index (χ2n) is 6.67. The fourth-order valence-corrected chi connectivity index (χ4v) is 3.25. The van der Waals surface area contributed by atoms with Gasteiger partial charge >= 0.3 is 0 Å². The third-order valence-corrected chi connectivity index (χ3v) is 4.76. The summed E-state index contributed by atoms with van der Waals surface area (Å²) in [6.45, 7) is 3.86. The number of rotatable bonds is 6. The lowest BCUT2D eigenvalue weighted by Gasteiger charge is -2.14. The molecule has 1 aliphatic heterocycles. The van der Waals surface area contributed by atoms with Gasteiger partial charge in [0.15, 0.2) is 0 Å². The van der Waals surface area contributed by atoms with Gasteiger partial charge in [0.2, 0.25) is 5.82 Å². The Hall–Kier alpha value is -2.99. The molecule has 1 N–H and O–H groups in total. The van der Waals surface area contributed by atoms with Crippen LogP contribution in [0.15, 0.2) is 59.1 Å². The van der Waals surface area contributed by atoms with E-state index in [1.54, 1.807) is 12.1 Å². The van der Waals surface area contributed by atoms with E-state index in [0.717, 1.165) is 30.8 Å². The summed E-state index contributed by atoms with van der Waals surface area (Å²) in [5, 5.41) is 7.01. The predicted molar refractivity (Wildman–Crippen MR) is 103 cm³/mol. The fourth-order valence-electron chi connectivity index (χ4n) is 3.25. The van der Waals surface area contributed by atoms with Crippen molar-refractivity contribution in [2.75, 3.05) is 26.2 Å². The molecule has 0 radical (unpaired) electrons. The summed E-state index contributed by atoms with van der Waals surface area (Å²) >= 11 is 0. The van der Waals surface area contributed by atoms with E-state index in [1.807, 2.05) is 42.5 Å². The monoisotopic (exact) mass is 362 g/mol. The van der Waals surface area contributed by atoms with Crippen molar-refractivity contribution in [1.29, 1.82) is 0 Å². The maximum Gasteiger partial charge on any atom is 0.258 e. The minimum absolute atomic E-state index is 0.0590. The largest absolute Gasteiger partial charge is 0.351 e. The highest BCUT2D eigenvalue weighted by Gasteiger charge is 2.13. The molecule has 138 valence electrons. The topological polar surface area (TPSA) is 71.3 Å². The molecule has 1 aromatic heterocycles. The van der Waals surface area contributed by atoms with E-state index in [0.29, 0.717) is 23.8 Å². The smallest absolute Gasteiger partial charge is 0.258 e. The van der Waals surface area contributed by atoms with Crippen LogP contribution in [0.25, 0.3) is 22.8 Å². The summed E-state index contributed by atoms with van der Waals surface area (Å²) in [5.41, 5.74) is 2.32. The van der Waals surface area contributed by atoms with E-state index in [9.17, 15) is 4.79 Å². The first-order valence-electron chi connectivity index (χ1n) is 9.30. The molecule has 6 nitrogen and oxygen atoms in total. The number of nitrogens with one attached hydrogen (secondary N) is 1. The Morgan fingerprint density at radius 3 is 2.48 bits per heavy atom. The lowest BCUT2D eigenvalue weighted by atomic mass is 10.1. The summed E-state index contributed by atoms with van der Waals surface area (Å²) in [6.07, 6.45) is 2.52. The molecule has 1 aliphatic rings. The van der Waals surface area contributed by atoms with Crippen LogP contribution in [0.4, 0.5) is 0 Å². The van der Waals surface area contributed by atoms with Crippen LogP contribution < -0.4 is 5.32 Å². The summed E-state index contributed by atoms with van der Waals surface area (Å²) in [5.74, 6) is 0.931. The fraction of sp³-hybridized carbons (Fsp3) is 0.286. The van der Waals surface area contributed by atoms with Crippen LogP contribution in [0.3, 0.4) is 0 Å². The third-order valence-electron chi connectivity index (χ3n) is 4.76. The Morgan fingerprint density at radius 2 is 1.74 bits per heavy atom. The minimum atomic E-state index is -0.0590. The molecule has 2 aromatic carbocycles. The van der Waals surface area contributed by atoms with Crippen molar-refractivity contribution in [3.8, 4) is 22.8 Å². The molecule has 1 saturated heterocycles. The van der Waals surface area contributed by atoms with Crippen LogP contribution in [-0.4, -0.2) is 47.1 Å². The molecule has 27 heavy (non-hydrogen) atoms. The minimum Gasteiger partial charge on any atom is -0.351 e. The number of hydrogen-bond acceptors (Lipinski definition) is 5. The molecule has 0 aliphatic carbocycles. The van der Waals surface area contributed by atoms with Crippen LogP contribution in [-0.2, 0) is 0 Å². The standard InChI is InChI=1S/C21H22N4O2/c26-20(22-12-15-25-13-4-5-14-25)17-8-10-18(11-9-17)21-23-19(24-27-21)16-6-2-1-3-7-16/h1-3,6-11H,4-5,12-15H2,(H,22,26). The first-order valence-corrected chi connectivity index (χ1v) is 9.30. The van der Waals surface area contributed by atoms with Gasteiger partial charge in [0.05, 0.1) is 0 Å². The molecule has 0 spiro atoms. The van der Waals surface area contributed by atoms with Gasteiger partial charge in [-0.05, 0) is 50.2 Å². The Bertz CT molecular complexity index is 884. The second kappa shape index (κ2) is 8.14. The molecular weight excluding hydrogens is 340 g/mol. The van der Waals surface area contributed by atoms with Crippen molar-refractivity contribution in [1.82, 2.24) is 20.4 Å². The average Bonchev–Trinajstić information content (AvgIpc) is 3.41. The SMILES string of the molecule is O=C(NCCN1CCCC1)c1ccc(-c2nc(-c3ccccc3)no2)cc1. The van der Waals surface area contributed by atoms with E-state index in [-0.39, 0.29) is 5.91 Å². The normalized spacial score (nSPS) is 14.4. The van der Waals surface area contributed by atoms with Gasteiger partial charge in [-0.3, -0.25) is 4.79 Å². The number of nitrogens with zero attached hydrogens (tertiary/aromatic N) is 3. The molecule has 6 heteroatoms. The van der Waals surface area contributed by atoms with Crippen molar-refractivity contribution in [2.45, 2.75) is 12.8 Å². The average molecular weight is 362 g/mol. The van der Waals surface area contributed by atoms with Gasteiger partial charge in [-0.1, -0.05) is 35.5 Å². The van der Waals surface area contributed by atoms with E-state index >= 15 is 0 Å². The second-order valence-corrected chi connectivity index (χ2v) is 6.67. The van der Waals surface area contributed by atoms with Gasteiger partial charge in [0.25, 0.3) is 11.8 Å². The first-order chi connectivity index (χ1) is 13.3. The van der Waals surface area contributed by atoms with Crippen molar-refractivity contribution in [3.63, 3.8) is 0 Å². The summed E-state index contributed by atoms with van der Waals surface area (Å²) in [6, 6.07) is 16.9. The predicted octanol–water partition coefficient (Wildman–Crippen LogP) is 3.23. The zero-order valence-corrected chi connectivity index (χ0v) is 15.1. The van der Waals surface area contributed by atoms with Crippen LogP contribution in [0.5, 0.6) is 0 Å². The Labute approximate surface area is 158 Å². The van der Waals surface area contributed by atoms with Gasteiger partial charge in [0, 0.05) is 29.8 Å². The molecule has 0 saturated carbocycles. The molecule has 4 rings (SSSR count). The number of amides is 1. The summed E-state index contributed by atoms with van der Waals surface area (Å²) in [4.78, 5) is 19.1. The molecular formula is C21H22N4O2. The summed E-state index contributed by atoms with van der Waals surface area (Å²) < 4.78 is 5.36. The third kappa shape index (κ3) is 4.23. The number of carbonyl (C=O) groups is 1. The van der Waals surface area contributed by atoms with E-state index < -0.39 is 0 Å². The number of carbonyl (C=O) groups excluding carboxylic acids is 1. The molecule has 1 amide bonds. The van der Waals surface area contributed by atoms with Crippen molar-refractivity contribution in [2.24, 2.45) is 0 Å². The lowest BCUT2D eigenvalue weighted by molar-refractivity contribution is 0.0950. The number of aromatic nitrogens is 2. The van der Waals surface area contributed by atoms with Gasteiger partial charge in [-0.15, -0.1) is 0 Å².